The Balaban J connectivity index is 2.74. The van der Waals surface area contributed by atoms with Gasteiger partial charge in [0.05, 0.1) is 24.4 Å². The molecule has 80 valence electrons. The fourth-order valence-corrected chi connectivity index (χ4v) is 1.21. The van der Waals surface area contributed by atoms with Crippen LogP contribution in [-0.2, 0) is 0 Å². The average molecular weight is 207 g/mol. The highest BCUT2D eigenvalue weighted by molar-refractivity contribution is 5.96. The number of aromatic nitrogens is 2. The maximum atomic E-state index is 11.8. The summed E-state index contributed by atoms with van der Waals surface area (Å²) in [4.78, 5) is 13.4. The highest BCUT2D eigenvalue weighted by Gasteiger charge is 2.17. The largest absolute Gasteiger partial charge is 0.396 e. The second-order valence-electron chi connectivity index (χ2n) is 2.99. The Morgan fingerprint density at radius 3 is 3.00 bits per heavy atom. The topological polar surface area (TPSA) is 98.8 Å². The number of anilines is 1. The number of nitrogens with two attached hydrogens (primary N) is 1. The van der Waals surface area contributed by atoms with Gasteiger partial charge in [0.15, 0.2) is 0 Å². The molecule has 1 heterocycles. The molecule has 0 saturated carbocycles. The molecule has 0 radical (unpaired) electrons. The standard InChI is InChI=1S/C9H13N5O/c1-2-14(5-3-4-10)9(15)8-7(11)6-12-13-8/h6H,2-3,5,11H2,1H3,(H,12,13). The number of carbonyl (C=O) groups is 1. The summed E-state index contributed by atoms with van der Waals surface area (Å²) in [6.45, 7) is 2.80. The molecule has 6 heteroatoms. The van der Waals surface area contributed by atoms with E-state index in [1.807, 2.05) is 13.0 Å². The van der Waals surface area contributed by atoms with Crippen LogP contribution in [0, 0.1) is 11.3 Å². The van der Waals surface area contributed by atoms with Crippen molar-refractivity contribution in [2.45, 2.75) is 13.3 Å². The Labute approximate surface area is 87.7 Å². The Morgan fingerprint density at radius 1 is 1.80 bits per heavy atom. The number of H-pyrrole nitrogens is 1. The van der Waals surface area contributed by atoms with E-state index in [1.54, 1.807) is 4.90 Å². The van der Waals surface area contributed by atoms with Gasteiger partial charge in [-0.25, -0.2) is 0 Å². The van der Waals surface area contributed by atoms with Crippen molar-refractivity contribution in [1.82, 2.24) is 15.1 Å². The van der Waals surface area contributed by atoms with Crippen LogP contribution in [0.5, 0.6) is 0 Å². The minimum absolute atomic E-state index is 0.220. The Hall–Kier alpha value is -2.03. The minimum atomic E-state index is -0.220. The van der Waals surface area contributed by atoms with Crippen LogP contribution in [0.4, 0.5) is 5.69 Å². The molecule has 15 heavy (non-hydrogen) atoms. The third-order valence-electron chi connectivity index (χ3n) is 2.04. The van der Waals surface area contributed by atoms with Crippen LogP contribution in [0.25, 0.3) is 0 Å². The van der Waals surface area contributed by atoms with E-state index < -0.39 is 0 Å². The molecule has 0 spiro atoms. The normalized spacial score (nSPS) is 9.60. The number of nitrogens with one attached hydrogen (secondary N) is 1. The van der Waals surface area contributed by atoms with E-state index in [0.29, 0.717) is 25.2 Å². The van der Waals surface area contributed by atoms with E-state index in [2.05, 4.69) is 10.2 Å². The van der Waals surface area contributed by atoms with Crippen molar-refractivity contribution < 1.29 is 4.79 Å². The second-order valence-corrected chi connectivity index (χ2v) is 2.99. The zero-order valence-corrected chi connectivity index (χ0v) is 8.53. The molecule has 1 rings (SSSR count). The highest BCUT2D eigenvalue weighted by Crippen LogP contribution is 2.09. The summed E-state index contributed by atoms with van der Waals surface area (Å²) in [6, 6.07) is 2.00. The van der Waals surface area contributed by atoms with Crippen LogP contribution < -0.4 is 5.73 Å². The number of carbonyl (C=O) groups excluding carboxylic acids is 1. The van der Waals surface area contributed by atoms with Crippen molar-refractivity contribution in [2.75, 3.05) is 18.8 Å². The number of hydrogen-bond acceptors (Lipinski definition) is 4. The number of nitrogens with zero attached hydrogens (tertiary/aromatic N) is 3. The molecular formula is C9H13N5O. The highest BCUT2D eigenvalue weighted by atomic mass is 16.2. The van der Waals surface area contributed by atoms with Crippen LogP contribution in [0.3, 0.4) is 0 Å². The molecule has 0 aliphatic carbocycles. The van der Waals surface area contributed by atoms with Gasteiger partial charge in [0.1, 0.15) is 5.69 Å². The van der Waals surface area contributed by atoms with Crippen molar-refractivity contribution in [1.29, 1.82) is 5.26 Å². The maximum absolute atomic E-state index is 11.8. The first-order valence-corrected chi connectivity index (χ1v) is 4.65. The van der Waals surface area contributed by atoms with E-state index >= 15 is 0 Å². The van der Waals surface area contributed by atoms with Gasteiger partial charge in [-0.3, -0.25) is 9.89 Å². The lowest BCUT2D eigenvalue weighted by molar-refractivity contribution is 0.0763. The van der Waals surface area contributed by atoms with Gasteiger partial charge in [0.25, 0.3) is 5.91 Å². The monoisotopic (exact) mass is 207 g/mol. The zero-order chi connectivity index (χ0) is 11.3. The first-order valence-electron chi connectivity index (χ1n) is 4.65. The first kappa shape index (κ1) is 11.0. The molecule has 0 aliphatic heterocycles. The van der Waals surface area contributed by atoms with Crippen molar-refractivity contribution in [3.8, 4) is 6.07 Å². The number of nitrogen functional groups attached to an aromatic ring is 1. The molecule has 3 N–H and O–H groups in total. The van der Waals surface area contributed by atoms with Gasteiger partial charge in [-0.15, -0.1) is 0 Å². The summed E-state index contributed by atoms with van der Waals surface area (Å²) in [5.41, 5.74) is 6.17. The number of hydrogen-bond donors (Lipinski definition) is 2. The lowest BCUT2D eigenvalue weighted by atomic mass is 10.3. The van der Waals surface area contributed by atoms with Crippen LogP contribution in [0.15, 0.2) is 6.20 Å². The summed E-state index contributed by atoms with van der Waals surface area (Å²) in [7, 11) is 0. The lowest BCUT2D eigenvalue weighted by Crippen LogP contribution is -2.32. The van der Waals surface area contributed by atoms with Gasteiger partial charge in [-0.05, 0) is 6.92 Å². The zero-order valence-electron chi connectivity index (χ0n) is 8.53. The third-order valence-corrected chi connectivity index (χ3v) is 2.04. The molecular weight excluding hydrogens is 194 g/mol. The van der Waals surface area contributed by atoms with E-state index in [4.69, 9.17) is 11.0 Å². The van der Waals surface area contributed by atoms with Crippen LogP contribution in [0.1, 0.15) is 23.8 Å². The van der Waals surface area contributed by atoms with Crippen LogP contribution in [0.2, 0.25) is 0 Å². The lowest BCUT2D eigenvalue weighted by Gasteiger charge is -2.18. The molecule has 6 nitrogen and oxygen atoms in total. The average Bonchev–Trinajstić information content (AvgIpc) is 2.65. The van der Waals surface area contributed by atoms with Crippen LogP contribution in [-0.4, -0.2) is 34.1 Å². The number of amides is 1. The van der Waals surface area contributed by atoms with Gasteiger partial charge in [0, 0.05) is 13.1 Å². The Morgan fingerprint density at radius 2 is 2.53 bits per heavy atom. The molecule has 1 amide bonds. The number of aromatic amines is 1. The van der Waals surface area contributed by atoms with E-state index in [1.165, 1.54) is 6.20 Å². The maximum Gasteiger partial charge on any atom is 0.274 e. The summed E-state index contributed by atoms with van der Waals surface area (Å²) in [6.07, 6.45) is 1.71. The quantitative estimate of drug-likeness (QED) is 0.744. The Kier molecular flexibility index (Phi) is 3.68. The van der Waals surface area contributed by atoms with Gasteiger partial charge in [-0.1, -0.05) is 0 Å². The number of rotatable bonds is 4. The predicted octanol–water partition coefficient (Wildman–Crippen LogP) is 0.368. The minimum Gasteiger partial charge on any atom is -0.396 e. The fraction of sp³-hybridized carbons (Fsp3) is 0.444. The molecule has 0 bridgehead atoms. The summed E-state index contributed by atoms with van der Waals surface area (Å²) in [5, 5.41) is 14.7. The van der Waals surface area contributed by atoms with E-state index in [-0.39, 0.29) is 11.6 Å². The Bertz CT molecular complexity index is 378. The SMILES string of the molecule is CCN(CCC#N)C(=O)c1[nH]ncc1N. The van der Waals surface area contributed by atoms with Crippen molar-refractivity contribution in [2.24, 2.45) is 0 Å². The first-order chi connectivity index (χ1) is 7.20. The smallest absolute Gasteiger partial charge is 0.274 e. The molecule has 0 atom stereocenters. The van der Waals surface area contributed by atoms with Crippen molar-refractivity contribution >= 4 is 11.6 Å². The van der Waals surface area contributed by atoms with Crippen molar-refractivity contribution in [3.63, 3.8) is 0 Å². The fourth-order valence-electron chi connectivity index (χ4n) is 1.21. The third kappa shape index (κ3) is 2.47. The molecule has 0 aromatic carbocycles. The van der Waals surface area contributed by atoms with Gasteiger partial charge < -0.3 is 10.6 Å². The predicted molar refractivity (Wildman–Crippen MR) is 54.8 cm³/mol. The second kappa shape index (κ2) is 5.00. The van der Waals surface area contributed by atoms with Gasteiger partial charge in [0.2, 0.25) is 0 Å². The van der Waals surface area contributed by atoms with Crippen LogP contribution >= 0.6 is 0 Å². The summed E-state index contributed by atoms with van der Waals surface area (Å²) >= 11 is 0. The molecule has 0 fully saturated rings. The van der Waals surface area contributed by atoms with Gasteiger partial charge in [-0.2, -0.15) is 10.4 Å². The summed E-state index contributed by atoms with van der Waals surface area (Å²) < 4.78 is 0. The molecule has 0 unspecified atom stereocenters. The molecule has 0 aliphatic rings. The molecule has 0 saturated heterocycles. The summed E-state index contributed by atoms with van der Waals surface area (Å²) in [5.74, 6) is -0.220. The molecule has 1 aromatic rings. The molecule has 1 aromatic heterocycles. The van der Waals surface area contributed by atoms with E-state index in [9.17, 15) is 4.79 Å². The van der Waals surface area contributed by atoms with Gasteiger partial charge >= 0.3 is 0 Å². The van der Waals surface area contributed by atoms with Crippen molar-refractivity contribution in [3.05, 3.63) is 11.9 Å². The number of nitriles is 1. The van der Waals surface area contributed by atoms with E-state index in [0.717, 1.165) is 0 Å².